The number of carbonyl (C=O) groups is 2. The summed E-state index contributed by atoms with van der Waals surface area (Å²) in [4.78, 5) is 24.6. The van der Waals surface area contributed by atoms with Crippen LogP contribution in [-0.2, 0) is 24.3 Å². The van der Waals surface area contributed by atoms with E-state index in [2.05, 4.69) is 5.32 Å². The highest BCUT2D eigenvalue weighted by atomic mass is 32.2. The van der Waals surface area contributed by atoms with Crippen molar-refractivity contribution in [1.82, 2.24) is 4.31 Å². The molecular formula is C22H28N2O5S. The lowest BCUT2D eigenvalue weighted by Crippen LogP contribution is -2.30. The summed E-state index contributed by atoms with van der Waals surface area (Å²) in [5.41, 5.74) is 1.26. The van der Waals surface area contributed by atoms with Crippen molar-refractivity contribution in [3.8, 4) is 0 Å². The minimum absolute atomic E-state index is 0.157. The van der Waals surface area contributed by atoms with Gasteiger partial charge in [0.15, 0.2) is 6.61 Å². The standard InChI is InChI=1S/C22H28N2O5S/c1-4-20(17-10-8-7-9-11-17)22(26)29-16-21(25)23-18-12-14-19(15-13-18)30(27,28)24(5-2)6-3/h7-15,20H,4-6,16H2,1-3H3,(H,23,25)/t20-/m1/s1. The Morgan fingerprint density at radius 2 is 1.57 bits per heavy atom. The van der Waals surface area contributed by atoms with Crippen molar-refractivity contribution in [1.29, 1.82) is 0 Å². The molecule has 8 heteroatoms. The molecule has 0 aliphatic rings. The zero-order chi connectivity index (χ0) is 22.1. The number of nitrogens with one attached hydrogen (secondary N) is 1. The smallest absolute Gasteiger partial charge is 0.313 e. The molecule has 7 nitrogen and oxygen atoms in total. The number of ether oxygens (including phenoxy) is 1. The number of sulfonamides is 1. The van der Waals surface area contributed by atoms with Crippen molar-refractivity contribution < 1.29 is 22.7 Å². The second-order valence-electron chi connectivity index (χ2n) is 6.64. The fourth-order valence-electron chi connectivity index (χ4n) is 3.08. The second-order valence-corrected chi connectivity index (χ2v) is 8.58. The minimum atomic E-state index is -3.56. The average Bonchev–Trinajstić information content (AvgIpc) is 2.74. The summed E-state index contributed by atoms with van der Waals surface area (Å²) in [6.07, 6.45) is 0.562. The Hall–Kier alpha value is -2.71. The summed E-state index contributed by atoms with van der Waals surface area (Å²) >= 11 is 0. The van der Waals surface area contributed by atoms with Crippen LogP contribution in [0.4, 0.5) is 5.69 Å². The van der Waals surface area contributed by atoms with Gasteiger partial charge in [0.25, 0.3) is 5.91 Å². The molecule has 0 saturated heterocycles. The highest BCUT2D eigenvalue weighted by Gasteiger charge is 2.22. The van der Waals surface area contributed by atoms with Gasteiger partial charge in [0.05, 0.1) is 10.8 Å². The van der Waals surface area contributed by atoms with Gasteiger partial charge < -0.3 is 10.1 Å². The van der Waals surface area contributed by atoms with E-state index in [1.807, 2.05) is 37.3 Å². The Morgan fingerprint density at radius 3 is 2.10 bits per heavy atom. The summed E-state index contributed by atoms with van der Waals surface area (Å²) in [5, 5.41) is 2.61. The summed E-state index contributed by atoms with van der Waals surface area (Å²) in [6.45, 7) is 5.78. The highest BCUT2D eigenvalue weighted by Crippen LogP contribution is 2.21. The Bertz CT molecular complexity index is 939. The SMILES string of the molecule is CC[C@@H](C(=O)OCC(=O)Nc1ccc(S(=O)(=O)N(CC)CC)cc1)c1ccccc1. The van der Waals surface area contributed by atoms with E-state index in [0.717, 1.165) is 5.56 Å². The lowest BCUT2D eigenvalue weighted by molar-refractivity contribution is -0.149. The van der Waals surface area contributed by atoms with Crippen LogP contribution >= 0.6 is 0 Å². The van der Waals surface area contributed by atoms with Gasteiger partial charge in [0.1, 0.15) is 0 Å². The third kappa shape index (κ3) is 5.90. The van der Waals surface area contributed by atoms with Crippen LogP contribution in [0, 0.1) is 0 Å². The maximum Gasteiger partial charge on any atom is 0.313 e. The quantitative estimate of drug-likeness (QED) is 0.581. The van der Waals surface area contributed by atoms with Crippen molar-refractivity contribution in [2.75, 3.05) is 25.0 Å². The molecule has 2 aromatic carbocycles. The molecule has 0 unspecified atom stereocenters. The molecule has 1 amide bonds. The van der Waals surface area contributed by atoms with E-state index in [-0.39, 0.29) is 4.90 Å². The topological polar surface area (TPSA) is 92.8 Å². The lowest BCUT2D eigenvalue weighted by Gasteiger charge is -2.18. The van der Waals surface area contributed by atoms with Gasteiger partial charge in [-0.1, -0.05) is 51.1 Å². The van der Waals surface area contributed by atoms with Crippen molar-refractivity contribution in [2.45, 2.75) is 38.0 Å². The van der Waals surface area contributed by atoms with Gasteiger partial charge in [0, 0.05) is 18.8 Å². The first-order valence-corrected chi connectivity index (χ1v) is 11.4. The molecule has 0 bridgehead atoms. The third-order valence-corrected chi connectivity index (χ3v) is 6.79. The number of benzene rings is 2. The van der Waals surface area contributed by atoms with Crippen molar-refractivity contribution in [2.24, 2.45) is 0 Å². The van der Waals surface area contributed by atoms with E-state index < -0.39 is 34.4 Å². The largest absolute Gasteiger partial charge is 0.455 e. The van der Waals surface area contributed by atoms with Crippen molar-refractivity contribution in [3.05, 3.63) is 60.2 Å². The average molecular weight is 433 g/mol. The Morgan fingerprint density at radius 1 is 0.967 bits per heavy atom. The highest BCUT2D eigenvalue weighted by molar-refractivity contribution is 7.89. The van der Waals surface area contributed by atoms with Gasteiger partial charge >= 0.3 is 5.97 Å². The van der Waals surface area contributed by atoms with Gasteiger partial charge in [-0.25, -0.2) is 8.42 Å². The van der Waals surface area contributed by atoms with Gasteiger partial charge in [-0.15, -0.1) is 0 Å². The fraction of sp³-hybridized carbons (Fsp3) is 0.364. The van der Waals surface area contributed by atoms with Crippen LogP contribution in [0.5, 0.6) is 0 Å². The molecule has 0 aliphatic carbocycles. The number of rotatable bonds is 10. The Kier molecular flexibility index (Phi) is 8.56. The summed E-state index contributed by atoms with van der Waals surface area (Å²) in [6, 6.07) is 15.2. The molecule has 1 atom stereocenters. The van der Waals surface area contributed by atoms with E-state index in [4.69, 9.17) is 4.74 Å². The van der Waals surface area contributed by atoms with E-state index in [0.29, 0.717) is 25.2 Å². The third-order valence-electron chi connectivity index (χ3n) is 4.72. The van der Waals surface area contributed by atoms with E-state index in [9.17, 15) is 18.0 Å². The van der Waals surface area contributed by atoms with E-state index in [1.54, 1.807) is 13.8 Å². The van der Waals surface area contributed by atoms with Gasteiger partial charge in [0.2, 0.25) is 10.0 Å². The molecule has 0 aliphatic heterocycles. The molecule has 0 spiro atoms. The molecule has 0 radical (unpaired) electrons. The van der Waals surface area contributed by atoms with Crippen molar-refractivity contribution in [3.63, 3.8) is 0 Å². The summed E-state index contributed by atoms with van der Waals surface area (Å²) < 4.78 is 31.5. The molecule has 0 fully saturated rings. The molecule has 30 heavy (non-hydrogen) atoms. The Labute approximate surface area is 178 Å². The molecule has 162 valence electrons. The predicted octanol–water partition coefficient (Wildman–Crippen LogP) is 3.39. The number of anilines is 1. The van der Waals surface area contributed by atoms with Crippen LogP contribution in [0.2, 0.25) is 0 Å². The fourth-order valence-corrected chi connectivity index (χ4v) is 4.54. The first kappa shape index (κ1) is 23.6. The maximum absolute atomic E-state index is 12.5. The zero-order valence-corrected chi connectivity index (χ0v) is 18.3. The Balaban J connectivity index is 1.94. The van der Waals surface area contributed by atoms with Crippen LogP contribution in [0.1, 0.15) is 38.7 Å². The van der Waals surface area contributed by atoms with Crippen LogP contribution in [0.15, 0.2) is 59.5 Å². The monoisotopic (exact) mass is 432 g/mol. The van der Waals surface area contributed by atoms with Crippen LogP contribution in [-0.4, -0.2) is 44.3 Å². The first-order chi connectivity index (χ1) is 14.3. The number of esters is 1. The molecule has 0 aromatic heterocycles. The number of carbonyl (C=O) groups excluding carboxylic acids is 2. The molecule has 0 heterocycles. The summed E-state index contributed by atoms with van der Waals surface area (Å²) in [7, 11) is -3.56. The van der Waals surface area contributed by atoms with Gasteiger partial charge in [-0.3, -0.25) is 9.59 Å². The number of hydrogen-bond acceptors (Lipinski definition) is 5. The van der Waals surface area contributed by atoms with Crippen LogP contribution in [0.25, 0.3) is 0 Å². The number of amides is 1. The molecule has 1 N–H and O–H groups in total. The molecule has 0 saturated carbocycles. The molecular weight excluding hydrogens is 404 g/mol. The summed E-state index contributed by atoms with van der Waals surface area (Å²) in [5.74, 6) is -1.38. The molecule has 2 aromatic rings. The predicted molar refractivity (Wildman–Crippen MR) is 116 cm³/mol. The zero-order valence-electron chi connectivity index (χ0n) is 17.5. The number of nitrogens with zero attached hydrogens (tertiary/aromatic N) is 1. The van der Waals surface area contributed by atoms with Crippen LogP contribution in [0.3, 0.4) is 0 Å². The van der Waals surface area contributed by atoms with Crippen molar-refractivity contribution >= 4 is 27.6 Å². The second kappa shape index (κ2) is 10.9. The number of hydrogen-bond donors (Lipinski definition) is 1. The first-order valence-electron chi connectivity index (χ1n) is 9.95. The minimum Gasteiger partial charge on any atom is -0.455 e. The van der Waals surface area contributed by atoms with E-state index in [1.165, 1.54) is 28.6 Å². The van der Waals surface area contributed by atoms with Gasteiger partial charge in [-0.05, 0) is 36.2 Å². The maximum atomic E-state index is 12.5. The lowest BCUT2D eigenvalue weighted by atomic mass is 9.97. The van der Waals surface area contributed by atoms with Gasteiger partial charge in [-0.2, -0.15) is 4.31 Å². The van der Waals surface area contributed by atoms with E-state index >= 15 is 0 Å². The normalized spacial score (nSPS) is 12.4. The van der Waals surface area contributed by atoms with Crippen LogP contribution < -0.4 is 5.32 Å². The molecule has 2 rings (SSSR count).